The number of hydrogen-bond donors (Lipinski definition) is 7. The van der Waals surface area contributed by atoms with Gasteiger partial charge >= 0.3 is 0 Å². The summed E-state index contributed by atoms with van der Waals surface area (Å²) in [4.78, 5) is 19.6. The second kappa shape index (κ2) is 8.56. The molecule has 14 heteroatoms. The Balaban J connectivity index is 0.00000106. The lowest BCUT2D eigenvalue weighted by Gasteiger charge is -2.13. The number of amides is 1. The lowest BCUT2D eigenvalue weighted by molar-refractivity contribution is -0.106. The topological polar surface area (TPSA) is 268 Å². The van der Waals surface area contributed by atoms with Crippen molar-refractivity contribution >= 4 is 27.5 Å². The van der Waals surface area contributed by atoms with Gasteiger partial charge in [-0.2, -0.15) is 0 Å². The molecule has 2 aromatic carbocycles. The molecule has 13 nitrogen and oxygen atoms in total. The molecule has 0 spiro atoms. The molecule has 3 aromatic rings. The van der Waals surface area contributed by atoms with E-state index in [4.69, 9.17) is 9.21 Å². The average molecular weight is 444 g/mol. The average Bonchev–Trinajstić information content (AvgIpc) is 2.59. The van der Waals surface area contributed by atoms with Crippen molar-refractivity contribution < 1.29 is 47.7 Å². The fourth-order valence-corrected chi connectivity index (χ4v) is 3.00. The van der Waals surface area contributed by atoms with Crippen LogP contribution in [0.2, 0.25) is 0 Å². The number of phenols is 4. The van der Waals surface area contributed by atoms with Crippen LogP contribution in [-0.2, 0) is 14.9 Å². The van der Waals surface area contributed by atoms with Crippen LogP contribution in [0.25, 0.3) is 22.3 Å². The van der Waals surface area contributed by atoms with Crippen molar-refractivity contribution in [1.82, 2.24) is 6.15 Å². The minimum Gasteiger partial charge on any atom is -0.744 e. The van der Waals surface area contributed by atoms with Gasteiger partial charge in [0.2, 0.25) is 17.6 Å². The molecule has 30 heavy (non-hydrogen) atoms. The van der Waals surface area contributed by atoms with Gasteiger partial charge in [0.15, 0.2) is 17.3 Å². The van der Waals surface area contributed by atoms with E-state index in [0.717, 1.165) is 18.2 Å². The van der Waals surface area contributed by atoms with Gasteiger partial charge < -0.3 is 46.4 Å². The van der Waals surface area contributed by atoms with Crippen molar-refractivity contribution in [2.24, 2.45) is 5.73 Å². The Bertz CT molecular complexity index is 1280. The van der Waals surface area contributed by atoms with Crippen molar-refractivity contribution in [3.05, 3.63) is 34.5 Å². The maximum Gasteiger partial charge on any atom is 0.238 e. The van der Waals surface area contributed by atoms with Crippen LogP contribution in [-0.4, -0.2) is 44.9 Å². The first-order chi connectivity index (χ1) is 13.4. The minimum absolute atomic E-state index is 0. The van der Waals surface area contributed by atoms with E-state index in [1.165, 1.54) is 0 Å². The molecule has 0 saturated heterocycles. The number of rotatable bonds is 2. The molecule has 0 bridgehead atoms. The number of fused-ring (bicyclic) bond motifs is 1. The van der Waals surface area contributed by atoms with Crippen LogP contribution in [0, 0.1) is 0 Å². The van der Waals surface area contributed by atoms with E-state index >= 15 is 0 Å². The Kier molecular flexibility index (Phi) is 6.86. The number of primary amides is 1. The molecule has 3 rings (SSSR count). The predicted molar refractivity (Wildman–Crippen MR) is 100 cm³/mol. The molecule has 0 unspecified atom stereocenters. The Morgan fingerprint density at radius 3 is 2.07 bits per heavy atom. The van der Waals surface area contributed by atoms with Crippen molar-refractivity contribution in [3.63, 3.8) is 0 Å². The lowest BCUT2D eigenvalue weighted by Crippen LogP contribution is -2.04. The maximum atomic E-state index is 12.2. The highest BCUT2D eigenvalue weighted by atomic mass is 32.2. The first-order valence-electron chi connectivity index (χ1n) is 7.31. The highest BCUT2D eigenvalue weighted by Gasteiger charge is 2.22. The number of aromatic hydroxyl groups is 5. The highest BCUT2D eigenvalue weighted by Crippen LogP contribution is 2.40. The summed E-state index contributed by atoms with van der Waals surface area (Å²) in [6.45, 7) is 0. The third-order valence-corrected chi connectivity index (χ3v) is 4.37. The van der Waals surface area contributed by atoms with E-state index in [9.17, 15) is 43.3 Å². The normalized spacial score (nSPS) is 10.6. The minimum atomic E-state index is -5.21. The van der Waals surface area contributed by atoms with E-state index < -0.39 is 65.9 Å². The van der Waals surface area contributed by atoms with Crippen LogP contribution >= 0.6 is 0 Å². The third kappa shape index (κ3) is 4.35. The molecule has 0 radical (unpaired) electrons. The van der Waals surface area contributed by atoms with Gasteiger partial charge in [0.1, 0.15) is 37.5 Å². The summed E-state index contributed by atoms with van der Waals surface area (Å²) in [6.07, 6.45) is 0.250. The fraction of sp³-hybridized carbons (Fsp3) is 0. The summed E-state index contributed by atoms with van der Waals surface area (Å²) in [7, 11) is -5.21. The predicted octanol–water partition coefficient (Wildman–Crippen LogP) is 0.370. The maximum absolute atomic E-state index is 12.2. The molecule has 0 aliphatic heterocycles. The van der Waals surface area contributed by atoms with Crippen molar-refractivity contribution in [2.75, 3.05) is 0 Å². The number of nitrogens with two attached hydrogens (primary N) is 1. The smallest absolute Gasteiger partial charge is 0.238 e. The SMILES string of the molecule is NC=O.O=c1c(O)c(-c2cc(O)c(O)c(S(=O)(=O)[O-])c2)oc2cc(O)cc(O)c12.[NH4+]. The molecule has 0 fully saturated rings. The molecule has 0 aliphatic rings. The van der Waals surface area contributed by atoms with Crippen LogP contribution in [0.3, 0.4) is 0 Å². The van der Waals surface area contributed by atoms with Crippen LogP contribution in [0.1, 0.15) is 0 Å². The summed E-state index contributed by atoms with van der Waals surface area (Å²) in [5, 5.41) is 48.0. The zero-order valence-corrected chi connectivity index (χ0v) is 15.9. The van der Waals surface area contributed by atoms with Gasteiger partial charge in [-0.25, -0.2) is 8.42 Å². The van der Waals surface area contributed by atoms with Gasteiger partial charge in [0.05, 0.1) is 0 Å². The second-order valence-electron chi connectivity index (χ2n) is 5.38. The zero-order chi connectivity index (χ0) is 22.1. The van der Waals surface area contributed by atoms with Crippen molar-refractivity contribution in [1.29, 1.82) is 0 Å². The van der Waals surface area contributed by atoms with Crippen molar-refractivity contribution in [3.8, 4) is 40.1 Å². The molecule has 1 amide bonds. The number of carbonyl (C=O) groups is 1. The fourth-order valence-electron chi connectivity index (χ4n) is 2.39. The molecule has 0 atom stereocenters. The molecule has 11 N–H and O–H groups in total. The molecular formula is C16H16N2O11S. The summed E-state index contributed by atoms with van der Waals surface area (Å²) in [6, 6.07) is 3.12. The van der Waals surface area contributed by atoms with Gasteiger partial charge in [-0.1, -0.05) is 0 Å². The monoisotopic (exact) mass is 444 g/mol. The third-order valence-electron chi connectivity index (χ3n) is 3.52. The zero-order valence-electron chi connectivity index (χ0n) is 15.1. The van der Waals surface area contributed by atoms with Gasteiger partial charge in [0.25, 0.3) is 0 Å². The van der Waals surface area contributed by atoms with Crippen LogP contribution < -0.4 is 17.3 Å². The highest BCUT2D eigenvalue weighted by molar-refractivity contribution is 7.85. The first kappa shape index (κ1) is 24.0. The standard InChI is InChI=1S/C15H10O10S.CH3NO.H3N/c16-6-3-7(17)11-9(4-6)25-15(14(21)13(11)20)5-1-8(18)12(19)10(2-5)26(22,23)24;2-1-3;/h1-4,16-19,21H,(H,22,23,24);1H,(H2,2,3);1H3. The quantitative estimate of drug-likeness (QED) is 0.161. The lowest BCUT2D eigenvalue weighted by atomic mass is 10.1. The number of hydrogen-bond acceptors (Lipinski definition) is 11. The van der Waals surface area contributed by atoms with Crippen LogP contribution in [0.5, 0.6) is 28.7 Å². The van der Waals surface area contributed by atoms with Gasteiger partial charge in [-0.05, 0) is 12.1 Å². The molecule has 0 saturated carbocycles. The second-order valence-corrected chi connectivity index (χ2v) is 6.73. The largest absolute Gasteiger partial charge is 0.744 e. The molecule has 1 heterocycles. The van der Waals surface area contributed by atoms with Gasteiger partial charge in [0, 0.05) is 17.7 Å². The number of phenolic OH excluding ortho intramolecular Hbond substituents is 4. The summed E-state index contributed by atoms with van der Waals surface area (Å²) in [5.41, 5.74) is 2.27. The Morgan fingerprint density at radius 1 is 0.967 bits per heavy atom. The van der Waals surface area contributed by atoms with E-state index in [1.54, 1.807) is 0 Å². The molecule has 162 valence electrons. The number of carbonyl (C=O) groups excluding carboxylic acids is 1. The summed E-state index contributed by atoms with van der Waals surface area (Å²) >= 11 is 0. The van der Waals surface area contributed by atoms with E-state index in [1.807, 2.05) is 0 Å². The van der Waals surface area contributed by atoms with Gasteiger partial charge in [-0.15, -0.1) is 0 Å². The Hall–Kier alpha value is -4.01. The summed E-state index contributed by atoms with van der Waals surface area (Å²) < 4.78 is 38.8. The Morgan fingerprint density at radius 2 is 1.53 bits per heavy atom. The van der Waals surface area contributed by atoms with E-state index in [-0.39, 0.29) is 18.1 Å². The molecular weight excluding hydrogens is 428 g/mol. The Labute approximate surface area is 167 Å². The summed E-state index contributed by atoms with van der Waals surface area (Å²) in [5.74, 6) is -5.08. The molecule has 0 aliphatic carbocycles. The number of quaternary nitrogens is 1. The number of benzene rings is 2. The van der Waals surface area contributed by atoms with Crippen LogP contribution in [0.4, 0.5) is 0 Å². The van der Waals surface area contributed by atoms with E-state index in [0.29, 0.717) is 6.07 Å². The van der Waals surface area contributed by atoms with Gasteiger partial charge in [-0.3, -0.25) is 9.59 Å². The molecule has 1 aromatic heterocycles. The van der Waals surface area contributed by atoms with E-state index in [2.05, 4.69) is 5.73 Å². The first-order valence-corrected chi connectivity index (χ1v) is 8.72. The van der Waals surface area contributed by atoms with Crippen molar-refractivity contribution in [2.45, 2.75) is 4.90 Å². The van der Waals surface area contributed by atoms with Crippen LogP contribution in [0.15, 0.2) is 38.4 Å².